The van der Waals surface area contributed by atoms with Crippen LogP contribution in [-0.2, 0) is 0 Å². The molecule has 0 radical (unpaired) electrons. The highest BCUT2D eigenvalue weighted by Crippen LogP contribution is 2.43. The van der Waals surface area contributed by atoms with Crippen molar-refractivity contribution >= 4 is 23.7 Å². The van der Waals surface area contributed by atoms with Crippen LogP contribution in [0.25, 0.3) is 5.69 Å². The molecule has 0 aliphatic carbocycles. The molecule has 5 rings (SSSR count). The number of para-hydroxylation sites is 1. The maximum Gasteiger partial charge on any atom is 0.269 e. The van der Waals surface area contributed by atoms with Gasteiger partial charge in [0.05, 0.1) is 22.3 Å². The lowest BCUT2D eigenvalue weighted by molar-refractivity contribution is -0.384. The summed E-state index contributed by atoms with van der Waals surface area (Å²) in [5, 5.41) is 15.8. The minimum atomic E-state index is -0.396. The summed E-state index contributed by atoms with van der Waals surface area (Å²) in [4.78, 5) is 21.8. The fourth-order valence-electron chi connectivity index (χ4n) is 3.71. The molecular formula is C21H16N6O2. The highest BCUT2D eigenvalue weighted by molar-refractivity contribution is 5.97. The SMILES string of the molecule is Cc1nn(-c2ccccc2)c2c1C(c1ccc([N+](=O)[O-])cc1)N1C=CC=NC1=N2. The molecule has 0 spiro atoms. The summed E-state index contributed by atoms with van der Waals surface area (Å²) < 4.78 is 1.82. The van der Waals surface area contributed by atoms with Crippen LogP contribution in [0.4, 0.5) is 11.5 Å². The van der Waals surface area contributed by atoms with Crippen LogP contribution < -0.4 is 0 Å². The standard InChI is InChI=1S/C21H16N6O2/c1-14-18-19(15-8-10-17(11-9-15)27(28)29)25-13-5-12-22-21(25)23-20(18)26(24-14)16-6-3-2-4-7-16/h2-13,19H,1H3. The number of allylic oxidation sites excluding steroid dienone is 1. The molecule has 0 amide bonds. The summed E-state index contributed by atoms with van der Waals surface area (Å²) >= 11 is 0. The Morgan fingerprint density at radius 1 is 1.07 bits per heavy atom. The number of nitro groups is 1. The largest absolute Gasteiger partial charge is 0.305 e. The zero-order chi connectivity index (χ0) is 20.0. The topological polar surface area (TPSA) is 88.9 Å². The average Bonchev–Trinajstić information content (AvgIpc) is 3.09. The summed E-state index contributed by atoms with van der Waals surface area (Å²) in [5.74, 6) is 1.27. The minimum Gasteiger partial charge on any atom is -0.305 e. The number of rotatable bonds is 3. The van der Waals surface area contributed by atoms with Crippen molar-refractivity contribution < 1.29 is 4.92 Å². The van der Waals surface area contributed by atoms with Gasteiger partial charge in [-0.3, -0.25) is 10.1 Å². The third-order valence-corrected chi connectivity index (χ3v) is 5.01. The summed E-state index contributed by atoms with van der Waals surface area (Å²) in [6.45, 7) is 1.95. The zero-order valence-electron chi connectivity index (χ0n) is 15.5. The van der Waals surface area contributed by atoms with Gasteiger partial charge in [-0.2, -0.15) is 10.1 Å². The van der Waals surface area contributed by atoms with Crippen LogP contribution >= 0.6 is 0 Å². The predicted molar refractivity (Wildman–Crippen MR) is 110 cm³/mol. The Labute approximate surface area is 166 Å². The van der Waals surface area contributed by atoms with Crippen molar-refractivity contribution in [2.24, 2.45) is 9.98 Å². The van der Waals surface area contributed by atoms with Crippen molar-refractivity contribution in [3.05, 3.63) is 93.8 Å². The third kappa shape index (κ3) is 2.73. The van der Waals surface area contributed by atoms with E-state index < -0.39 is 4.92 Å². The summed E-state index contributed by atoms with van der Waals surface area (Å²) in [6, 6.07) is 16.2. The first kappa shape index (κ1) is 17.1. The van der Waals surface area contributed by atoms with Crippen molar-refractivity contribution in [3.63, 3.8) is 0 Å². The van der Waals surface area contributed by atoms with Crippen LogP contribution in [0.15, 0.2) is 76.9 Å². The fourth-order valence-corrected chi connectivity index (χ4v) is 3.71. The molecule has 2 aromatic carbocycles. The normalized spacial score (nSPS) is 16.9. The number of hydrogen-bond donors (Lipinski definition) is 0. The van der Waals surface area contributed by atoms with Crippen LogP contribution in [0.2, 0.25) is 0 Å². The molecule has 0 saturated carbocycles. The Hall–Kier alpha value is -4.07. The van der Waals surface area contributed by atoms with E-state index in [4.69, 9.17) is 10.1 Å². The number of nitrogens with zero attached hydrogens (tertiary/aromatic N) is 6. The molecule has 3 heterocycles. The van der Waals surface area contributed by atoms with Crippen LogP contribution in [0.5, 0.6) is 0 Å². The monoisotopic (exact) mass is 384 g/mol. The van der Waals surface area contributed by atoms with Gasteiger partial charge in [0.25, 0.3) is 5.69 Å². The molecule has 2 aliphatic rings. The quantitative estimate of drug-likeness (QED) is 0.503. The molecule has 0 bridgehead atoms. The van der Waals surface area contributed by atoms with Crippen LogP contribution in [-0.4, -0.2) is 31.8 Å². The average molecular weight is 384 g/mol. The van der Waals surface area contributed by atoms with Gasteiger partial charge in [0.2, 0.25) is 5.96 Å². The third-order valence-electron chi connectivity index (χ3n) is 5.01. The van der Waals surface area contributed by atoms with Crippen molar-refractivity contribution in [1.29, 1.82) is 0 Å². The maximum absolute atomic E-state index is 11.1. The number of aryl methyl sites for hydroxylation is 1. The highest BCUT2D eigenvalue weighted by Gasteiger charge is 2.36. The number of nitro benzene ring substituents is 1. The predicted octanol–water partition coefficient (Wildman–Crippen LogP) is 4.08. The van der Waals surface area contributed by atoms with E-state index in [0.717, 1.165) is 28.3 Å². The number of fused-ring (bicyclic) bond motifs is 2. The van der Waals surface area contributed by atoms with Gasteiger partial charge in [-0.05, 0) is 42.8 Å². The van der Waals surface area contributed by atoms with Crippen LogP contribution in [0, 0.1) is 17.0 Å². The molecule has 0 saturated heterocycles. The number of benzene rings is 2. The lowest BCUT2D eigenvalue weighted by atomic mass is 9.95. The number of aromatic nitrogens is 2. The molecule has 1 atom stereocenters. The molecule has 2 aliphatic heterocycles. The second-order valence-corrected chi connectivity index (χ2v) is 6.76. The van der Waals surface area contributed by atoms with E-state index in [1.165, 1.54) is 12.1 Å². The molecule has 1 aromatic heterocycles. The Morgan fingerprint density at radius 3 is 2.55 bits per heavy atom. The van der Waals surface area contributed by atoms with Gasteiger partial charge in [0.15, 0.2) is 5.82 Å². The molecule has 29 heavy (non-hydrogen) atoms. The zero-order valence-corrected chi connectivity index (χ0v) is 15.5. The summed E-state index contributed by atoms with van der Waals surface area (Å²) in [5.41, 5.74) is 3.67. The van der Waals surface area contributed by atoms with E-state index in [0.29, 0.717) is 5.96 Å². The van der Waals surface area contributed by atoms with E-state index >= 15 is 0 Å². The second-order valence-electron chi connectivity index (χ2n) is 6.76. The van der Waals surface area contributed by atoms with Crippen molar-refractivity contribution in [2.45, 2.75) is 13.0 Å². The van der Waals surface area contributed by atoms with Gasteiger partial charge >= 0.3 is 0 Å². The second kappa shape index (κ2) is 6.52. The number of hydrogen-bond acceptors (Lipinski definition) is 6. The lowest BCUT2D eigenvalue weighted by Crippen LogP contribution is -2.34. The molecule has 3 aromatic rings. The molecule has 142 valence electrons. The first-order valence-electron chi connectivity index (χ1n) is 9.10. The smallest absolute Gasteiger partial charge is 0.269 e. The van der Waals surface area contributed by atoms with Gasteiger partial charge < -0.3 is 4.90 Å². The molecule has 0 fully saturated rings. The molecule has 8 heteroatoms. The Kier molecular flexibility index (Phi) is 3.83. The Balaban J connectivity index is 1.71. The van der Waals surface area contributed by atoms with E-state index in [2.05, 4.69) is 4.99 Å². The first-order chi connectivity index (χ1) is 14.1. The number of non-ortho nitro benzene ring substituents is 1. The Morgan fingerprint density at radius 2 is 1.83 bits per heavy atom. The van der Waals surface area contributed by atoms with Crippen LogP contribution in [0.1, 0.15) is 22.9 Å². The summed E-state index contributed by atoms with van der Waals surface area (Å²) in [7, 11) is 0. The summed E-state index contributed by atoms with van der Waals surface area (Å²) in [6.07, 6.45) is 5.46. The van der Waals surface area contributed by atoms with Crippen molar-refractivity contribution in [2.75, 3.05) is 0 Å². The van der Waals surface area contributed by atoms with Gasteiger partial charge in [0, 0.05) is 30.1 Å². The van der Waals surface area contributed by atoms with E-state index in [9.17, 15) is 10.1 Å². The van der Waals surface area contributed by atoms with Crippen molar-refractivity contribution in [3.8, 4) is 5.69 Å². The molecule has 1 unspecified atom stereocenters. The van der Waals surface area contributed by atoms with E-state index in [-0.39, 0.29) is 11.7 Å². The van der Waals surface area contributed by atoms with Gasteiger partial charge in [-0.25, -0.2) is 9.67 Å². The van der Waals surface area contributed by atoms with E-state index in [1.54, 1.807) is 18.3 Å². The van der Waals surface area contributed by atoms with Crippen LogP contribution in [0.3, 0.4) is 0 Å². The van der Waals surface area contributed by atoms with Crippen molar-refractivity contribution in [1.82, 2.24) is 14.7 Å². The van der Waals surface area contributed by atoms with Gasteiger partial charge in [-0.15, -0.1) is 0 Å². The first-order valence-corrected chi connectivity index (χ1v) is 9.10. The number of guanidine groups is 1. The maximum atomic E-state index is 11.1. The molecular weight excluding hydrogens is 368 g/mol. The fraction of sp³-hybridized carbons (Fsp3) is 0.0952. The molecule has 8 nitrogen and oxygen atoms in total. The van der Waals surface area contributed by atoms with Gasteiger partial charge in [-0.1, -0.05) is 18.2 Å². The van der Waals surface area contributed by atoms with E-state index in [1.807, 2.05) is 59.1 Å². The number of aliphatic imine (C=N–C) groups is 2. The van der Waals surface area contributed by atoms with Gasteiger partial charge in [0.1, 0.15) is 0 Å². The lowest BCUT2D eigenvalue weighted by Gasteiger charge is -2.34. The minimum absolute atomic E-state index is 0.0579. The Bertz CT molecular complexity index is 1190. The molecule has 0 N–H and O–H groups in total. The highest BCUT2D eigenvalue weighted by atomic mass is 16.6.